The van der Waals surface area contributed by atoms with Crippen LogP contribution < -0.4 is 11.1 Å². The van der Waals surface area contributed by atoms with Crippen molar-refractivity contribution in [2.75, 3.05) is 26.3 Å². The second kappa shape index (κ2) is 14.0. The largest absolute Gasteiger partial charge is 0.382 e. The molecule has 0 spiro atoms. The molecule has 0 aromatic carbocycles. The Morgan fingerprint density at radius 1 is 1.29 bits per heavy atom. The van der Waals surface area contributed by atoms with Gasteiger partial charge in [-0.15, -0.1) is 24.0 Å². The van der Waals surface area contributed by atoms with Crippen LogP contribution in [0.5, 0.6) is 0 Å². The summed E-state index contributed by atoms with van der Waals surface area (Å²) in [6, 6.07) is 0. The number of halogens is 1. The minimum Gasteiger partial charge on any atom is -0.382 e. The van der Waals surface area contributed by atoms with Gasteiger partial charge >= 0.3 is 0 Å². The van der Waals surface area contributed by atoms with Crippen LogP contribution in [0.25, 0.3) is 0 Å². The Morgan fingerprint density at radius 2 is 1.94 bits per heavy atom. The fourth-order valence-corrected chi connectivity index (χ4v) is 1.37. The van der Waals surface area contributed by atoms with Crippen molar-refractivity contribution in [3.05, 3.63) is 0 Å². The second-order valence-corrected chi connectivity index (χ2v) is 3.89. The van der Waals surface area contributed by atoms with Crippen molar-refractivity contribution in [1.29, 1.82) is 0 Å². The molecule has 0 aliphatic carbocycles. The van der Waals surface area contributed by atoms with E-state index in [1.165, 1.54) is 0 Å². The molecule has 0 saturated heterocycles. The molecular weight excluding hydrogens is 329 g/mol. The number of hydrogen-bond acceptors (Lipinski definition) is 2. The zero-order valence-corrected chi connectivity index (χ0v) is 13.7. The van der Waals surface area contributed by atoms with Crippen molar-refractivity contribution in [3.63, 3.8) is 0 Å². The molecule has 0 amide bonds. The fourth-order valence-electron chi connectivity index (χ4n) is 1.37. The van der Waals surface area contributed by atoms with Crippen LogP contribution in [0, 0.1) is 5.92 Å². The summed E-state index contributed by atoms with van der Waals surface area (Å²) in [7, 11) is 0. The summed E-state index contributed by atoms with van der Waals surface area (Å²) in [5.74, 6) is 1.21. The SMILES string of the molecule is CCOCCCNC(N)=NCC(CC)CC.I. The van der Waals surface area contributed by atoms with Gasteiger partial charge in [0, 0.05) is 26.3 Å². The van der Waals surface area contributed by atoms with Crippen LogP contribution in [0.4, 0.5) is 0 Å². The Kier molecular flexibility index (Phi) is 15.9. The van der Waals surface area contributed by atoms with Crippen molar-refractivity contribution in [2.45, 2.75) is 40.0 Å². The maximum Gasteiger partial charge on any atom is 0.188 e. The van der Waals surface area contributed by atoms with Crippen LogP contribution in [-0.2, 0) is 4.74 Å². The van der Waals surface area contributed by atoms with E-state index < -0.39 is 0 Å². The molecule has 0 atom stereocenters. The highest BCUT2D eigenvalue weighted by molar-refractivity contribution is 14.0. The van der Waals surface area contributed by atoms with E-state index in [1.807, 2.05) is 6.92 Å². The molecule has 104 valence electrons. The Balaban J connectivity index is 0. The average Bonchev–Trinajstić information content (AvgIpc) is 2.30. The summed E-state index contributed by atoms with van der Waals surface area (Å²) in [4.78, 5) is 4.33. The normalized spacial score (nSPS) is 11.4. The lowest BCUT2D eigenvalue weighted by Gasteiger charge is -2.10. The van der Waals surface area contributed by atoms with Gasteiger partial charge in [0.15, 0.2) is 5.96 Å². The van der Waals surface area contributed by atoms with Crippen molar-refractivity contribution in [3.8, 4) is 0 Å². The maximum atomic E-state index is 5.74. The minimum atomic E-state index is 0. The smallest absolute Gasteiger partial charge is 0.188 e. The van der Waals surface area contributed by atoms with Crippen LogP contribution in [-0.4, -0.2) is 32.3 Å². The number of nitrogens with one attached hydrogen (secondary N) is 1. The zero-order chi connectivity index (χ0) is 12.2. The monoisotopic (exact) mass is 357 g/mol. The third kappa shape index (κ3) is 12.2. The number of ether oxygens (including phenoxy) is 1. The molecule has 0 bridgehead atoms. The zero-order valence-electron chi connectivity index (χ0n) is 11.4. The van der Waals surface area contributed by atoms with Gasteiger partial charge < -0.3 is 15.8 Å². The van der Waals surface area contributed by atoms with Crippen LogP contribution in [0.1, 0.15) is 40.0 Å². The molecule has 0 heterocycles. The number of nitrogens with two attached hydrogens (primary N) is 1. The fraction of sp³-hybridized carbons (Fsp3) is 0.917. The van der Waals surface area contributed by atoms with Gasteiger partial charge in [0.1, 0.15) is 0 Å². The van der Waals surface area contributed by atoms with Crippen LogP contribution in [0.2, 0.25) is 0 Å². The van der Waals surface area contributed by atoms with Crippen LogP contribution in [0.3, 0.4) is 0 Å². The molecule has 0 aliphatic heterocycles. The van der Waals surface area contributed by atoms with Gasteiger partial charge in [0.2, 0.25) is 0 Å². The molecule has 0 aromatic heterocycles. The predicted octanol–water partition coefficient (Wildman–Crippen LogP) is 2.37. The molecule has 3 N–H and O–H groups in total. The molecule has 0 saturated carbocycles. The minimum absolute atomic E-state index is 0. The Labute approximate surface area is 123 Å². The van der Waals surface area contributed by atoms with E-state index >= 15 is 0 Å². The van der Waals surface area contributed by atoms with E-state index in [-0.39, 0.29) is 24.0 Å². The standard InChI is InChI=1S/C12H27N3O.HI/c1-4-11(5-2)10-15-12(13)14-8-7-9-16-6-3;/h11H,4-10H2,1-3H3,(H3,13,14,15);1H. The average molecular weight is 357 g/mol. The predicted molar refractivity (Wildman–Crippen MR) is 85.1 cm³/mol. The molecule has 5 heteroatoms. The summed E-state index contributed by atoms with van der Waals surface area (Å²) in [5, 5.41) is 3.09. The van der Waals surface area contributed by atoms with Gasteiger partial charge in [0.05, 0.1) is 0 Å². The van der Waals surface area contributed by atoms with Gasteiger partial charge in [-0.1, -0.05) is 26.7 Å². The lowest BCUT2D eigenvalue weighted by atomic mass is 10.0. The van der Waals surface area contributed by atoms with Gasteiger partial charge in [-0.3, -0.25) is 4.99 Å². The summed E-state index contributed by atoms with van der Waals surface area (Å²) in [6.07, 6.45) is 3.30. The Bertz CT molecular complexity index is 185. The van der Waals surface area contributed by atoms with E-state index in [1.54, 1.807) is 0 Å². The number of rotatable bonds is 9. The molecule has 0 radical (unpaired) electrons. The summed E-state index contributed by atoms with van der Waals surface area (Å²) >= 11 is 0. The second-order valence-electron chi connectivity index (χ2n) is 3.89. The van der Waals surface area contributed by atoms with E-state index in [0.717, 1.165) is 45.6 Å². The molecule has 17 heavy (non-hydrogen) atoms. The number of aliphatic imine (C=N–C) groups is 1. The quantitative estimate of drug-likeness (QED) is 0.288. The molecule has 0 aromatic rings. The Morgan fingerprint density at radius 3 is 2.47 bits per heavy atom. The molecule has 0 rings (SSSR count). The topological polar surface area (TPSA) is 59.6 Å². The molecular formula is C12H28IN3O. The van der Waals surface area contributed by atoms with Gasteiger partial charge in [-0.2, -0.15) is 0 Å². The van der Waals surface area contributed by atoms with Crippen LogP contribution in [0.15, 0.2) is 4.99 Å². The third-order valence-electron chi connectivity index (χ3n) is 2.65. The molecule has 0 unspecified atom stereocenters. The lowest BCUT2D eigenvalue weighted by molar-refractivity contribution is 0.145. The van der Waals surface area contributed by atoms with Crippen molar-refractivity contribution in [2.24, 2.45) is 16.6 Å². The first kappa shape index (κ1) is 19.3. The van der Waals surface area contributed by atoms with E-state index in [0.29, 0.717) is 11.9 Å². The van der Waals surface area contributed by atoms with Gasteiger partial charge in [-0.05, 0) is 19.3 Å². The molecule has 4 nitrogen and oxygen atoms in total. The highest BCUT2D eigenvalue weighted by atomic mass is 127. The maximum absolute atomic E-state index is 5.74. The first-order valence-electron chi connectivity index (χ1n) is 6.36. The lowest BCUT2D eigenvalue weighted by Crippen LogP contribution is -2.33. The third-order valence-corrected chi connectivity index (χ3v) is 2.65. The van der Waals surface area contributed by atoms with Crippen molar-refractivity contribution in [1.82, 2.24) is 5.32 Å². The number of hydrogen-bond donors (Lipinski definition) is 2. The van der Waals surface area contributed by atoms with Gasteiger partial charge in [-0.25, -0.2) is 0 Å². The number of nitrogens with zero attached hydrogens (tertiary/aromatic N) is 1. The molecule has 0 aliphatic rings. The van der Waals surface area contributed by atoms with Crippen LogP contribution >= 0.6 is 24.0 Å². The van der Waals surface area contributed by atoms with E-state index in [9.17, 15) is 0 Å². The summed E-state index contributed by atoms with van der Waals surface area (Å²) < 4.78 is 5.23. The number of guanidine groups is 1. The highest BCUT2D eigenvalue weighted by Crippen LogP contribution is 2.06. The first-order valence-corrected chi connectivity index (χ1v) is 6.36. The summed E-state index contributed by atoms with van der Waals surface area (Å²) in [5.41, 5.74) is 5.74. The Hall–Kier alpha value is -0.0400. The van der Waals surface area contributed by atoms with E-state index in [2.05, 4.69) is 24.2 Å². The summed E-state index contributed by atoms with van der Waals surface area (Å²) in [6.45, 7) is 9.60. The van der Waals surface area contributed by atoms with Crippen molar-refractivity contribution >= 4 is 29.9 Å². The van der Waals surface area contributed by atoms with Gasteiger partial charge in [0.25, 0.3) is 0 Å². The van der Waals surface area contributed by atoms with E-state index in [4.69, 9.17) is 10.5 Å². The first-order chi connectivity index (χ1) is 7.74. The highest BCUT2D eigenvalue weighted by Gasteiger charge is 2.01. The molecule has 0 fully saturated rings. The van der Waals surface area contributed by atoms with Crippen molar-refractivity contribution < 1.29 is 4.74 Å².